The maximum atomic E-state index is 13.5. The number of likely N-dealkylation sites (N-methyl/N-ethyl adjacent to an activating group) is 1. The number of para-hydroxylation sites is 1. The lowest BCUT2D eigenvalue weighted by atomic mass is 10.1. The van der Waals surface area contributed by atoms with E-state index < -0.39 is 0 Å². The van der Waals surface area contributed by atoms with Crippen LogP contribution in [0.4, 0.5) is 4.39 Å². The Labute approximate surface area is 147 Å². The molecule has 0 aliphatic heterocycles. The molecule has 130 valence electrons. The Morgan fingerprint density at radius 3 is 2.79 bits per heavy atom. The Hall–Kier alpha value is -2.08. The summed E-state index contributed by atoms with van der Waals surface area (Å²) in [6, 6.07) is 10.6. The largest absolute Gasteiger partial charge is 0.489 e. The number of guanidine groups is 1. The smallest absolute Gasteiger partial charge is 0.193 e. The van der Waals surface area contributed by atoms with Crippen LogP contribution < -0.4 is 10.1 Å². The first-order valence-electron chi connectivity index (χ1n) is 7.94. The van der Waals surface area contributed by atoms with Gasteiger partial charge < -0.3 is 15.0 Å². The van der Waals surface area contributed by atoms with Crippen LogP contribution in [-0.2, 0) is 0 Å². The Balaban J connectivity index is 1.77. The zero-order valence-corrected chi connectivity index (χ0v) is 15.1. The number of benzene rings is 1. The van der Waals surface area contributed by atoms with Crippen molar-refractivity contribution in [2.45, 2.75) is 12.8 Å². The molecule has 2 aromatic rings. The number of halogens is 1. The minimum absolute atomic E-state index is 0.278. The van der Waals surface area contributed by atoms with Crippen molar-refractivity contribution in [2.75, 3.05) is 33.8 Å². The van der Waals surface area contributed by atoms with Gasteiger partial charge in [0.05, 0.1) is 6.54 Å². The zero-order chi connectivity index (χ0) is 17.4. The summed E-state index contributed by atoms with van der Waals surface area (Å²) in [5.41, 5.74) is 0. The van der Waals surface area contributed by atoms with E-state index in [9.17, 15) is 4.39 Å². The predicted octanol–water partition coefficient (Wildman–Crippen LogP) is 3.58. The van der Waals surface area contributed by atoms with E-state index in [1.165, 1.54) is 10.9 Å². The van der Waals surface area contributed by atoms with E-state index in [1.54, 1.807) is 36.6 Å². The van der Waals surface area contributed by atoms with E-state index in [4.69, 9.17) is 4.74 Å². The minimum atomic E-state index is -0.340. The van der Waals surface area contributed by atoms with E-state index in [2.05, 4.69) is 34.7 Å². The number of hydrogen-bond acceptors (Lipinski definition) is 3. The number of rotatable bonds is 7. The lowest BCUT2D eigenvalue weighted by Crippen LogP contribution is -2.42. The van der Waals surface area contributed by atoms with Gasteiger partial charge in [-0.1, -0.05) is 25.1 Å². The van der Waals surface area contributed by atoms with Crippen molar-refractivity contribution < 1.29 is 9.13 Å². The molecule has 0 aliphatic rings. The number of hydrogen-bond donors (Lipinski definition) is 1. The molecule has 2 rings (SSSR count). The van der Waals surface area contributed by atoms with Gasteiger partial charge >= 0.3 is 0 Å². The van der Waals surface area contributed by atoms with Gasteiger partial charge in [-0.05, 0) is 23.6 Å². The highest BCUT2D eigenvalue weighted by Gasteiger charge is 2.10. The highest BCUT2D eigenvalue weighted by atomic mass is 32.1. The Bertz CT molecular complexity index is 645. The van der Waals surface area contributed by atoms with Crippen LogP contribution in [0, 0.1) is 5.82 Å². The van der Waals surface area contributed by atoms with Gasteiger partial charge in [-0.25, -0.2) is 4.39 Å². The van der Waals surface area contributed by atoms with Crippen LogP contribution in [-0.4, -0.2) is 44.7 Å². The molecular formula is C18H24FN3OS. The third-order valence-corrected chi connectivity index (χ3v) is 4.79. The number of nitrogens with one attached hydrogen (secondary N) is 1. The molecule has 6 heteroatoms. The molecule has 4 nitrogen and oxygen atoms in total. The van der Waals surface area contributed by atoms with Crippen LogP contribution >= 0.6 is 11.3 Å². The second kappa shape index (κ2) is 9.27. The van der Waals surface area contributed by atoms with Crippen LogP contribution in [0.15, 0.2) is 46.8 Å². The SMILES string of the molecule is CN=C(NCC(C)c1cccs1)N(C)CCOc1ccccc1F. The van der Waals surface area contributed by atoms with Crippen LogP contribution in [0.25, 0.3) is 0 Å². The first-order valence-corrected chi connectivity index (χ1v) is 8.82. The molecule has 0 bridgehead atoms. The van der Waals surface area contributed by atoms with E-state index >= 15 is 0 Å². The van der Waals surface area contributed by atoms with E-state index in [-0.39, 0.29) is 11.6 Å². The number of thiophene rings is 1. The first kappa shape index (κ1) is 18.3. The molecule has 0 saturated heterocycles. The lowest BCUT2D eigenvalue weighted by molar-refractivity contribution is 0.270. The first-order chi connectivity index (χ1) is 11.6. The van der Waals surface area contributed by atoms with Gasteiger partial charge in [0.15, 0.2) is 17.5 Å². The molecular weight excluding hydrogens is 325 g/mol. The quantitative estimate of drug-likeness (QED) is 0.613. The Morgan fingerprint density at radius 1 is 1.33 bits per heavy atom. The van der Waals surface area contributed by atoms with Crippen molar-refractivity contribution in [3.8, 4) is 5.75 Å². The molecule has 1 atom stereocenters. The fourth-order valence-electron chi connectivity index (χ4n) is 2.26. The summed E-state index contributed by atoms with van der Waals surface area (Å²) in [5, 5.41) is 5.46. The molecule has 1 unspecified atom stereocenters. The van der Waals surface area contributed by atoms with Gasteiger partial charge in [-0.15, -0.1) is 11.3 Å². The van der Waals surface area contributed by atoms with Gasteiger partial charge in [0.1, 0.15) is 6.61 Å². The van der Waals surface area contributed by atoms with Gasteiger partial charge in [0.25, 0.3) is 0 Å². The Morgan fingerprint density at radius 2 is 2.12 bits per heavy atom. The van der Waals surface area contributed by atoms with Crippen LogP contribution in [0.5, 0.6) is 5.75 Å². The van der Waals surface area contributed by atoms with Crippen molar-refractivity contribution in [1.29, 1.82) is 0 Å². The van der Waals surface area contributed by atoms with Crippen molar-refractivity contribution in [1.82, 2.24) is 10.2 Å². The minimum Gasteiger partial charge on any atom is -0.489 e. The molecule has 0 amide bonds. The highest BCUT2D eigenvalue weighted by Crippen LogP contribution is 2.19. The van der Waals surface area contributed by atoms with Gasteiger partial charge in [-0.3, -0.25) is 4.99 Å². The normalized spacial score (nSPS) is 12.8. The number of ether oxygens (including phenoxy) is 1. The van der Waals surface area contributed by atoms with E-state index in [1.807, 2.05) is 11.9 Å². The van der Waals surface area contributed by atoms with Crippen molar-refractivity contribution >= 4 is 17.3 Å². The highest BCUT2D eigenvalue weighted by molar-refractivity contribution is 7.10. The summed E-state index contributed by atoms with van der Waals surface area (Å²) in [6.45, 7) is 4.00. The summed E-state index contributed by atoms with van der Waals surface area (Å²) >= 11 is 1.76. The number of aliphatic imine (C=N–C) groups is 1. The third kappa shape index (κ3) is 5.23. The van der Waals surface area contributed by atoms with Gasteiger partial charge in [-0.2, -0.15) is 0 Å². The summed E-state index contributed by atoms with van der Waals surface area (Å²) in [7, 11) is 3.70. The maximum absolute atomic E-state index is 13.5. The van der Waals surface area contributed by atoms with Crippen molar-refractivity contribution in [2.24, 2.45) is 4.99 Å². The van der Waals surface area contributed by atoms with E-state index in [0.29, 0.717) is 19.1 Å². The van der Waals surface area contributed by atoms with Crippen molar-refractivity contribution in [3.05, 3.63) is 52.5 Å². The third-order valence-electron chi connectivity index (χ3n) is 3.69. The van der Waals surface area contributed by atoms with Crippen LogP contribution in [0.1, 0.15) is 17.7 Å². The molecule has 0 spiro atoms. The zero-order valence-electron chi connectivity index (χ0n) is 14.3. The van der Waals surface area contributed by atoms with Gasteiger partial charge in [0, 0.05) is 31.4 Å². The molecule has 0 aliphatic carbocycles. The molecule has 1 heterocycles. The van der Waals surface area contributed by atoms with E-state index in [0.717, 1.165) is 12.5 Å². The lowest BCUT2D eigenvalue weighted by Gasteiger charge is -2.23. The van der Waals surface area contributed by atoms with Crippen LogP contribution in [0.2, 0.25) is 0 Å². The average Bonchev–Trinajstić information content (AvgIpc) is 3.11. The van der Waals surface area contributed by atoms with Gasteiger partial charge in [0.2, 0.25) is 0 Å². The molecule has 0 fully saturated rings. The second-order valence-electron chi connectivity index (χ2n) is 5.55. The predicted molar refractivity (Wildman–Crippen MR) is 98.6 cm³/mol. The molecule has 24 heavy (non-hydrogen) atoms. The topological polar surface area (TPSA) is 36.9 Å². The fraction of sp³-hybridized carbons (Fsp3) is 0.389. The van der Waals surface area contributed by atoms with Crippen LogP contribution in [0.3, 0.4) is 0 Å². The molecule has 1 aromatic heterocycles. The molecule has 1 N–H and O–H groups in total. The average molecular weight is 349 g/mol. The molecule has 0 saturated carbocycles. The second-order valence-corrected chi connectivity index (χ2v) is 6.52. The fourth-order valence-corrected chi connectivity index (χ4v) is 3.05. The maximum Gasteiger partial charge on any atom is 0.193 e. The summed E-state index contributed by atoms with van der Waals surface area (Å²) in [6.07, 6.45) is 0. The molecule has 0 radical (unpaired) electrons. The summed E-state index contributed by atoms with van der Waals surface area (Å²) in [5.74, 6) is 1.16. The van der Waals surface area contributed by atoms with Crippen molar-refractivity contribution in [3.63, 3.8) is 0 Å². The summed E-state index contributed by atoms with van der Waals surface area (Å²) in [4.78, 5) is 7.61. The summed E-state index contributed by atoms with van der Waals surface area (Å²) < 4.78 is 19.0. The Kier molecular flexibility index (Phi) is 7.06. The standard InChI is InChI=1S/C18H24FN3OS/c1-14(17-9-6-12-24-17)13-21-18(20-2)22(3)10-11-23-16-8-5-4-7-15(16)19/h4-9,12,14H,10-11,13H2,1-3H3,(H,20,21). The monoisotopic (exact) mass is 349 g/mol. The molecule has 1 aromatic carbocycles. The number of nitrogens with zero attached hydrogens (tertiary/aromatic N) is 2.